The van der Waals surface area contributed by atoms with Crippen molar-refractivity contribution in [2.75, 3.05) is 6.54 Å². The topological polar surface area (TPSA) is 99.1 Å². The fourth-order valence-corrected chi connectivity index (χ4v) is 5.85. The van der Waals surface area contributed by atoms with E-state index in [1.54, 1.807) is 13.8 Å². The van der Waals surface area contributed by atoms with Gasteiger partial charge in [0.1, 0.15) is 43.2 Å². The second kappa shape index (κ2) is 10.3. The molecule has 8 heteroatoms. The summed E-state index contributed by atoms with van der Waals surface area (Å²) in [5.41, 5.74) is -0.177. The number of carboxylic acid groups (broad SMARTS) is 1. The summed E-state index contributed by atoms with van der Waals surface area (Å²) in [5.74, 6) is 0.385. The summed E-state index contributed by atoms with van der Waals surface area (Å²) in [4.78, 5) is 31.9. The molecule has 2 saturated carbocycles. The standard InChI is InChI=1S/C26H38N2O6/c1-26(2)27(25(31)32)22(15-19-9-5-3-6-10-19)24(34-26)23(30)16-28(18-29,21-13-14-21)33-17-20-11-7-4-8-12-20/h4,7-8,11-12,18-19,21-24,30H,3,5-6,9-10,13-17H2,1-2H3. The Labute approximate surface area is 202 Å². The van der Waals surface area contributed by atoms with Crippen molar-refractivity contribution in [2.24, 2.45) is 5.92 Å². The molecule has 0 radical (unpaired) electrons. The van der Waals surface area contributed by atoms with Gasteiger partial charge in [0.25, 0.3) is 0 Å². The van der Waals surface area contributed by atoms with Crippen LogP contribution in [0.15, 0.2) is 30.3 Å². The maximum Gasteiger partial charge on any atom is 0.334 e. The normalized spacial score (nSPS) is 27.8. The van der Waals surface area contributed by atoms with Gasteiger partial charge in [-0.15, -0.1) is 4.65 Å². The predicted octanol–water partition coefficient (Wildman–Crippen LogP) is 2.73. The number of aliphatic hydroxyl groups is 1. The third-order valence-electron chi connectivity index (χ3n) is 7.72. The lowest BCUT2D eigenvalue weighted by molar-refractivity contribution is -1.05. The highest BCUT2D eigenvalue weighted by molar-refractivity contribution is 5.64. The summed E-state index contributed by atoms with van der Waals surface area (Å²) in [5, 5.41) is 23.5. The van der Waals surface area contributed by atoms with Crippen LogP contribution in [-0.4, -0.2) is 63.7 Å². The highest BCUT2D eigenvalue weighted by Gasteiger charge is 2.55. The van der Waals surface area contributed by atoms with Gasteiger partial charge in [-0.25, -0.2) is 4.79 Å². The van der Waals surface area contributed by atoms with E-state index in [1.165, 1.54) is 11.3 Å². The summed E-state index contributed by atoms with van der Waals surface area (Å²) < 4.78 is 5.86. The van der Waals surface area contributed by atoms with Crippen LogP contribution in [0.4, 0.5) is 4.79 Å². The zero-order chi connectivity index (χ0) is 24.3. The molecule has 1 aliphatic heterocycles. The van der Waals surface area contributed by atoms with E-state index in [1.807, 2.05) is 30.3 Å². The second-order valence-electron chi connectivity index (χ2n) is 10.7. The van der Waals surface area contributed by atoms with Gasteiger partial charge < -0.3 is 24.6 Å². The molecular weight excluding hydrogens is 436 g/mol. The maximum atomic E-state index is 12.4. The summed E-state index contributed by atoms with van der Waals surface area (Å²) in [6, 6.07) is 9.08. The lowest BCUT2D eigenvalue weighted by atomic mass is 9.82. The van der Waals surface area contributed by atoms with Gasteiger partial charge in [0.05, 0.1) is 6.04 Å². The Morgan fingerprint density at radius 2 is 1.91 bits per heavy atom. The number of amides is 2. The number of hydrogen-bond acceptors (Lipinski definition) is 6. The lowest BCUT2D eigenvalue weighted by Crippen LogP contribution is -2.58. The first-order valence-electron chi connectivity index (χ1n) is 12.6. The average Bonchev–Trinajstić information content (AvgIpc) is 3.63. The van der Waals surface area contributed by atoms with E-state index in [0.717, 1.165) is 50.5 Å². The number of nitrogens with zero attached hydrogens (tertiary/aromatic N) is 2. The molecule has 1 aromatic carbocycles. The summed E-state index contributed by atoms with van der Waals surface area (Å²) >= 11 is 0. The smallest absolute Gasteiger partial charge is 0.334 e. The molecule has 4 rings (SSSR count). The van der Waals surface area contributed by atoms with E-state index in [4.69, 9.17) is 9.57 Å². The largest absolute Gasteiger partial charge is 0.530 e. The van der Waals surface area contributed by atoms with Gasteiger partial charge in [-0.1, -0.05) is 62.4 Å². The first-order chi connectivity index (χ1) is 16.3. The molecule has 2 amide bonds. The van der Waals surface area contributed by atoms with Gasteiger partial charge in [-0.2, -0.15) is 4.84 Å². The van der Waals surface area contributed by atoms with Crippen molar-refractivity contribution in [1.82, 2.24) is 4.90 Å². The first kappa shape index (κ1) is 25.1. The van der Waals surface area contributed by atoms with Crippen molar-refractivity contribution < 1.29 is 34.0 Å². The van der Waals surface area contributed by atoms with Gasteiger partial charge in [0.2, 0.25) is 0 Å². The molecule has 1 aromatic rings. The van der Waals surface area contributed by atoms with Crippen LogP contribution in [0, 0.1) is 5.92 Å². The Hall–Kier alpha value is -2.00. The molecular formula is C26H38N2O6. The van der Waals surface area contributed by atoms with Crippen LogP contribution < -0.4 is 5.11 Å². The van der Waals surface area contributed by atoms with Crippen LogP contribution in [0.25, 0.3) is 0 Å². The summed E-state index contributed by atoms with van der Waals surface area (Å²) in [6.07, 6.45) is 5.55. The van der Waals surface area contributed by atoms with Crippen LogP contribution in [0.3, 0.4) is 0 Å². The van der Waals surface area contributed by atoms with E-state index >= 15 is 0 Å². The Bertz CT molecular complexity index is 839. The monoisotopic (exact) mass is 474 g/mol. The summed E-state index contributed by atoms with van der Waals surface area (Å²) in [6.45, 7) is 3.65. The van der Waals surface area contributed by atoms with Gasteiger partial charge in [-0.05, 0) is 31.7 Å². The zero-order valence-corrected chi connectivity index (χ0v) is 20.3. The van der Waals surface area contributed by atoms with E-state index in [0.29, 0.717) is 12.3 Å². The van der Waals surface area contributed by atoms with Crippen LogP contribution in [0.5, 0.6) is 0 Å². The van der Waals surface area contributed by atoms with Crippen LogP contribution in [0.2, 0.25) is 0 Å². The number of quaternary nitrogens is 1. The van der Waals surface area contributed by atoms with Gasteiger partial charge in [0.15, 0.2) is 0 Å². The lowest BCUT2D eigenvalue weighted by Gasteiger charge is -2.38. The molecule has 1 saturated heterocycles. The predicted molar refractivity (Wildman–Crippen MR) is 123 cm³/mol. The minimum absolute atomic E-state index is 0.0145. The molecule has 4 atom stereocenters. The quantitative estimate of drug-likeness (QED) is 0.318. The van der Waals surface area contributed by atoms with Gasteiger partial charge >= 0.3 is 6.41 Å². The highest BCUT2D eigenvalue weighted by atomic mass is 16.7. The van der Waals surface area contributed by atoms with Crippen molar-refractivity contribution in [1.29, 1.82) is 0 Å². The zero-order valence-electron chi connectivity index (χ0n) is 20.3. The molecule has 188 valence electrons. The number of benzene rings is 1. The minimum Gasteiger partial charge on any atom is -0.530 e. The SMILES string of the molecule is CC1(C)OC(C(O)C[N+](C=O)(OCc2ccccc2)C2CC2)C(CC2CCCCC2)N1C(=O)[O-]. The van der Waals surface area contributed by atoms with E-state index < -0.39 is 30.1 Å². The van der Waals surface area contributed by atoms with Crippen molar-refractivity contribution >= 4 is 12.5 Å². The Kier molecular flexibility index (Phi) is 7.62. The van der Waals surface area contributed by atoms with E-state index in [-0.39, 0.29) is 23.8 Å². The number of carbonyl (C=O) groups excluding carboxylic acids is 2. The minimum atomic E-state index is -1.29. The number of hydroxylamine groups is 3. The summed E-state index contributed by atoms with van der Waals surface area (Å²) in [7, 11) is 0. The van der Waals surface area contributed by atoms with Crippen LogP contribution in [-0.2, 0) is 21.0 Å². The second-order valence-corrected chi connectivity index (χ2v) is 10.7. The first-order valence-corrected chi connectivity index (χ1v) is 12.6. The average molecular weight is 475 g/mol. The Morgan fingerprint density at radius 3 is 2.50 bits per heavy atom. The fraction of sp³-hybridized carbons (Fsp3) is 0.692. The molecule has 1 heterocycles. The maximum absolute atomic E-state index is 12.4. The van der Waals surface area contributed by atoms with Gasteiger partial charge in [0, 0.05) is 12.8 Å². The van der Waals surface area contributed by atoms with Crippen LogP contribution >= 0.6 is 0 Å². The third-order valence-corrected chi connectivity index (χ3v) is 7.72. The van der Waals surface area contributed by atoms with Crippen molar-refractivity contribution in [3.05, 3.63) is 35.9 Å². The third kappa shape index (κ3) is 5.46. The Balaban J connectivity index is 1.53. The van der Waals surface area contributed by atoms with Crippen molar-refractivity contribution in [3.63, 3.8) is 0 Å². The number of hydrogen-bond donors (Lipinski definition) is 1. The highest BCUT2D eigenvalue weighted by Crippen LogP contribution is 2.41. The molecule has 4 unspecified atom stereocenters. The number of ether oxygens (including phenoxy) is 1. The molecule has 2 aliphatic carbocycles. The number of carbonyl (C=O) groups is 2. The number of rotatable bonds is 10. The van der Waals surface area contributed by atoms with Crippen molar-refractivity contribution in [2.45, 2.75) is 102 Å². The van der Waals surface area contributed by atoms with Gasteiger partial charge in [-0.3, -0.25) is 0 Å². The molecule has 1 N–H and O–H groups in total. The molecule has 8 nitrogen and oxygen atoms in total. The van der Waals surface area contributed by atoms with Crippen molar-refractivity contribution in [3.8, 4) is 0 Å². The fourth-order valence-electron chi connectivity index (χ4n) is 5.85. The molecule has 34 heavy (non-hydrogen) atoms. The molecule has 3 fully saturated rings. The van der Waals surface area contributed by atoms with E-state index in [2.05, 4.69) is 0 Å². The van der Waals surface area contributed by atoms with Crippen LogP contribution in [0.1, 0.15) is 70.8 Å². The molecule has 0 spiro atoms. The van der Waals surface area contributed by atoms with E-state index in [9.17, 15) is 19.8 Å². The Morgan fingerprint density at radius 1 is 1.24 bits per heavy atom. The molecule has 3 aliphatic rings. The number of aliphatic hydroxyl groups excluding tert-OH is 1. The molecule has 0 aromatic heterocycles. The molecule has 0 bridgehead atoms.